The minimum absolute atomic E-state index is 0. The van der Waals surface area contributed by atoms with E-state index in [0.29, 0.717) is 19.3 Å². The minimum Gasteiger partial charge on any atom is -0.292 e. The molecule has 0 aromatic carbocycles. The molecule has 0 aliphatic heterocycles. The fraction of sp³-hybridized carbons (Fsp3) is 0.800. The van der Waals surface area contributed by atoms with E-state index in [1.165, 1.54) is 0 Å². The molecule has 0 aromatic heterocycles. The number of Topliss-reactive ketones (excluding diaryl/α,β-unsaturated/α-hetero) is 1. The Kier molecular flexibility index (Phi) is 3.62. The van der Waals surface area contributed by atoms with Crippen molar-refractivity contribution in [3.05, 3.63) is 10.1 Å². The fourth-order valence-corrected chi connectivity index (χ4v) is 1.02. The van der Waals surface area contributed by atoms with Gasteiger partial charge < -0.3 is 0 Å². The molecule has 1 rings (SSSR count). The molecule has 0 aromatic rings. The third kappa shape index (κ3) is 1.82. The Morgan fingerprint density at radius 3 is 2.40 bits per heavy atom. The molecule has 0 N–H and O–H groups in total. The average Bonchev–Trinajstić information content (AvgIpc) is 2.13. The van der Waals surface area contributed by atoms with Crippen LogP contribution < -0.4 is 18.9 Å². The zero-order chi connectivity index (χ0) is 6.85. The summed E-state index contributed by atoms with van der Waals surface area (Å²) in [5.74, 6) is -0.208. The van der Waals surface area contributed by atoms with Gasteiger partial charge >= 0.3 is 18.9 Å². The van der Waals surface area contributed by atoms with Gasteiger partial charge in [-0.1, -0.05) is 0 Å². The molecule has 0 bridgehead atoms. The molecule has 1 saturated carbocycles. The normalized spacial score (nSPS) is 24.0. The van der Waals surface area contributed by atoms with E-state index in [2.05, 4.69) is 0 Å². The van der Waals surface area contributed by atoms with Gasteiger partial charge in [-0.25, -0.2) is 0 Å². The van der Waals surface area contributed by atoms with E-state index in [1.807, 2.05) is 0 Å². The van der Waals surface area contributed by atoms with Crippen LogP contribution in [0.1, 0.15) is 19.3 Å². The Labute approximate surface area is 70.3 Å². The van der Waals surface area contributed by atoms with Crippen molar-refractivity contribution in [1.29, 1.82) is 0 Å². The molecule has 1 unspecified atom stereocenters. The van der Waals surface area contributed by atoms with Crippen LogP contribution in [0.25, 0.3) is 0 Å². The summed E-state index contributed by atoms with van der Waals surface area (Å²) in [5.41, 5.74) is 0. The van der Waals surface area contributed by atoms with E-state index in [0.717, 1.165) is 0 Å². The molecule has 1 aliphatic carbocycles. The van der Waals surface area contributed by atoms with Crippen molar-refractivity contribution in [1.82, 2.24) is 0 Å². The predicted octanol–water partition coefficient (Wildman–Crippen LogP) is -2.61. The summed E-state index contributed by atoms with van der Waals surface area (Å²) in [6.45, 7) is 0. The third-order valence-electron chi connectivity index (χ3n) is 1.53. The van der Waals surface area contributed by atoms with Crippen molar-refractivity contribution >= 4 is 5.78 Å². The van der Waals surface area contributed by atoms with Gasteiger partial charge in [0.1, 0.15) is 0 Å². The van der Waals surface area contributed by atoms with E-state index >= 15 is 0 Å². The number of carbonyl (C=O) groups excluding carboxylic acids is 1. The van der Waals surface area contributed by atoms with E-state index in [-0.39, 0.29) is 24.6 Å². The molecule has 0 amide bonds. The Morgan fingerprint density at radius 1 is 1.60 bits per heavy atom. The van der Waals surface area contributed by atoms with E-state index in [1.54, 1.807) is 0 Å². The van der Waals surface area contributed by atoms with Crippen LogP contribution in [0.2, 0.25) is 0 Å². The van der Waals surface area contributed by atoms with Gasteiger partial charge in [-0.05, 0) is 6.42 Å². The smallest absolute Gasteiger partial charge is 0.292 e. The maximum absolute atomic E-state index is 10.6. The molecule has 5 heteroatoms. The van der Waals surface area contributed by atoms with Crippen molar-refractivity contribution in [3.8, 4) is 0 Å². The first-order valence-corrected chi connectivity index (χ1v) is 2.88. The van der Waals surface area contributed by atoms with Crippen LogP contribution in [0.4, 0.5) is 0 Å². The summed E-state index contributed by atoms with van der Waals surface area (Å²) >= 11 is 0. The van der Waals surface area contributed by atoms with Crippen LogP contribution in [0, 0.1) is 10.1 Å². The molecule has 0 spiro atoms. The summed E-state index contributed by atoms with van der Waals surface area (Å²) < 4.78 is 0. The van der Waals surface area contributed by atoms with Crippen molar-refractivity contribution in [3.63, 3.8) is 0 Å². The third-order valence-corrected chi connectivity index (χ3v) is 1.53. The maximum Gasteiger partial charge on any atom is 1.00 e. The largest absolute Gasteiger partial charge is 1.00 e. The van der Waals surface area contributed by atoms with E-state index < -0.39 is 11.0 Å². The first kappa shape index (κ1) is 9.67. The van der Waals surface area contributed by atoms with Gasteiger partial charge in [0, 0.05) is 17.8 Å². The van der Waals surface area contributed by atoms with Gasteiger partial charge in [0.05, 0.1) is 0 Å². The number of hydrogen-bond acceptors (Lipinski definition) is 3. The van der Waals surface area contributed by atoms with Gasteiger partial charge in [0.25, 0.3) is 6.04 Å². The summed E-state index contributed by atoms with van der Waals surface area (Å²) in [7, 11) is 0. The van der Waals surface area contributed by atoms with Crippen molar-refractivity contribution in [2.75, 3.05) is 0 Å². The van der Waals surface area contributed by atoms with Crippen LogP contribution in [0.3, 0.4) is 0 Å². The average molecular weight is 136 g/mol. The molecular formula is C5H7LiNO3+. The SMILES string of the molecule is O=C1CCCC1[N+](=O)[O-].[Li+]. The van der Waals surface area contributed by atoms with Crippen molar-refractivity contribution in [2.24, 2.45) is 0 Å². The molecule has 0 saturated heterocycles. The second kappa shape index (κ2) is 3.74. The second-order valence-corrected chi connectivity index (χ2v) is 2.16. The first-order chi connectivity index (χ1) is 4.22. The molecule has 1 atom stereocenters. The molecule has 1 aliphatic rings. The van der Waals surface area contributed by atoms with Gasteiger partial charge in [-0.15, -0.1) is 0 Å². The topological polar surface area (TPSA) is 60.2 Å². The van der Waals surface area contributed by atoms with Crippen LogP contribution in [-0.4, -0.2) is 16.7 Å². The molecular weight excluding hydrogens is 129 g/mol. The van der Waals surface area contributed by atoms with Crippen LogP contribution in [0.15, 0.2) is 0 Å². The van der Waals surface area contributed by atoms with Gasteiger partial charge in [-0.2, -0.15) is 0 Å². The van der Waals surface area contributed by atoms with Crippen molar-refractivity contribution in [2.45, 2.75) is 25.3 Å². The number of carbonyl (C=O) groups is 1. The predicted molar refractivity (Wildman–Crippen MR) is 29.6 cm³/mol. The van der Waals surface area contributed by atoms with Gasteiger partial charge in [-0.3, -0.25) is 14.9 Å². The number of hydrogen-bond donors (Lipinski definition) is 0. The van der Waals surface area contributed by atoms with E-state index in [9.17, 15) is 14.9 Å². The Morgan fingerprint density at radius 2 is 2.20 bits per heavy atom. The van der Waals surface area contributed by atoms with Gasteiger partial charge in [0.2, 0.25) is 5.78 Å². The number of rotatable bonds is 1. The van der Waals surface area contributed by atoms with Crippen LogP contribution in [-0.2, 0) is 4.79 Å². The van der Waals surface area contributed by atoms with E-state index in [4.69, 9.17) is 0 Å². The number of nitro groups is 1. The number of nitrogens with zero attached hydrogens (tertiary/aromatic N) is 1. The molecule has 4 nitrogen and oxygen atoms in total. The quantitative estimate of drug-likeness (QED) is 0.225. The summed E-state index contributed by atoms with van der Waals surface area (Å²) in [4.78, 5) is 20.1. The maximum atomic E-state index is 10.6. The zero-order valence-electron chi connectivity index (χ0n) is 5.87. The fourth-order valence-electron chi connectivity index (χ4n) is 1.02. The second-order valence-electron chi connectivity index (χ2n) is 2.16. The first-order valence-electron chi connectivity index (χ1n) is 2.88. The number of ketones is 1. The van der Waals surface area contributed by atoms with Crippen molar-refractivity contribution < 1.29 is 28.6 Å². The molecule has 50 valence electrons. The molecule has 0 radical (unpaired) electrons. The molecule has 1 fully saturated rings. The molecule has 10 heavy (non-hydrogen) atoms. The summed E-state index contributed by atoms with van der Waals surface area (Å²) in [5, 5.41) is 10.00. The van der Waals surface area contributed by atoms with Crippen LogP contribution >= 0.6 is 0 Å². The van der Waals surface area contributed by atoms with Crippen LogP contribution in [0.5, 0.6) is 0 Å². The Hall–Kier alpha value is -0.333. The monoisotopic (exact) mass is 136 g/mol. The standard InChI is InChI=1S/C5H7NO3.Li/c7-5-3-1-2-4(5)6(8)9;/h4H,1-3H2;/q;+1. The minimum atomic E-state index is -0.884. The summed E-state index contributed by atoms with van der Waals surface area (Å²) in [6.07, 6.45) is 1.52. The molecule has 0 heterocycles. The Balaban J connectivity index is 0.000000810. The van der Waals surface area contributed by atoms with Gasteiger partial charge in [0.15, 0.2) is 0 Å². The Bertz CT molecular complexity index is 159. The summed E-state index contributed by atoms with van der Waals surface area (Å²) in [6, 6.07) is -0.884. The zero-order valence-corrected chi connectivity index (χ0v) is 5.87.